The number of hydrogen-bond donors (Lipinski definition) is 2. The molecule has 0 saturated heterocycles. The molecule has 0 aliphatic carbocycles. The molecule has 25 heavy (non-hydrogen) atoms. The molecule has 1 aliphatic heterocycles. The number of ether oxygens (including phenoxy) is 3. The highest BCUT2D eigenvalue weighted by Gasteiger charge is 2.14. The van der Waals surface area contributed by atoms with Crippen LogP contribution in [0.4, 0.5) is 10.5 Å². The number of urea groups is 1. The third kappa shape index (κ3) is 4.15. The van der Waals surface area contributed by atoms with Crippen molar-refractivity contribution in [3.05, 3.63) is 47.0 Å². The second-order valence-electron chi connectivity index (χ2n) is 6.03. The lowest BCUT2D eigenvalue weighted by Gasteiger charge is -2.14. The molecule has 2 aromatic carbocycles. The van der Waals surface area contributed by atoms with E-state index in [1.54, 1.807) is 18.2 Å². The number of fused-ring (bicyclic) bond motifs is 1. The molecule has 0 saturated carbocycles. The lowest BCUT2D eigenvalue weighted by Crippen LogP contribution is -2.32. The van der Waals surface area contributed by atoms with Gasteiger partial charge < -0.3 is 24.8 Å². The van der Waals surface area contributed by atoms with Gasteiger partial charge in [-0.15, -0.1) is 0 Å². The highest BCUT2D eigenvalue weighted by molar-refractivity contribution is 5.89. The van der Waals surface area contributed by atoms with Crippen LogP contribution in [0.1, 0.15) is 16.7 Å². The maximum absolute atomic E-state index is 12.0. The molecular formula is C19H22N2O4. The standard InChI is InChI=1S/C19H22N2O4/c1-12-8-13(2)18(14(3)9-12)23-7-6-20-19(22)21-15-4-5-16-17(10-15)25-11-24-16/h4-5,8-10H,6-7,11H2,1-3H3,(H2,20,21,22). The van der Waals surface area contributed by atoms with E-state index in [4.69, 9.17) is 14.2 Å². The summed E-state index contributed by atoms with van der Waals surface area (Å²) in [6.07, 6.45) is 0. The molecule has 1 aliphatic rings. The Kier molecular flexibility index (Phi) is 4.97. The summed E-state index contributed by atoms with van der Waals surface area (Å²) in [4.78, 5) is 12.0. The van der Waals surface area contributed by atoms with Crippen molar-refractivity contribution in [2.45, 2.75) is 20.8 Å². The smallest absolute Gasteiger partial charge is 0.319 e. The summed E-state index contributed by atoms with van der Waals surface area (Å²) >= 11 is 0. The fraction of sp³-hybridized carbons (Fsp3) is 0.316. The van der Waals surface area contributed by atoms with E-state index in [-0.39, 0.29) is 12.8 Å². The largest absolute Gasteiger partial charge is 0.491 e. The monoisotopic (exact) mass is 342 g/mol. The molecule has 1 heterocycles. The molecule has 132 valence electrons. The lowest BCUT2D eigenvalue weighted by molar-refractivity contribution is 0.174. The molecular weight excluding hydrogens is 320 g/mol. The fourth-order valence-corrected chi connectivity index (χ4v) is 2.86. The van der Waals surface area contributed by atoms with Gasteiger partial charge in [-0.05, 0) is 44.0 Å². The second kappa shape index (κ2) is 7.34. The van der Waals surface area contributed by atoms with Crippen molar-refractivity contribution in [1.82, 2.24) is 5.32 Å². The van der Waals surface area contributed by atoms with Crippen molar-refractivity contribution in [3.8, 4) is 17.2 Å². The maximum Gasteiger partial charge on any atom is 0.319 e. The Balaban J connectivity index is 1.45. The number of aryl methyl sites for hydroxylation is 3. The molecule has 0 aromatic heterocycles. The zero-order valence-corrected chi connectivity index (χ0v) is 14.6. The number of carbonyl (C=O) groups is 1. The minimum absolute atomic E-state index is 0.208. The predicted molar refractivity (Wildman–Crippen MR) is 95.7 cm³/mol. The zero-order valence-electron chi connectivity index (χ0n) is 14.6. The first-order valence-corrected chi connectivity index (χ1v) is 8.18. The van der Waals surface area contributed by atoms with Crippen molar-refractivity contribution in [2.24, 2.45) is 0 Å². The van der Waals surface area contributed by atoms with Crippen LogP contribution in [0.25, 0.3) is 0 Å². The molecule has 6 heteroatoms. The first-order chi connectivity index (χ1) is 12.0. The van der Waals surface area contributed by atoms with E-state index in [1.165, 1.54) is 5.56 Å². The first-order valence-electron chi connectivity index (χ1n) is 8.18. The van der Waals surface area contributed by atoms with Gasteiger partial charge in [-0.3, -0.25) is 0 Å². The maximum atomic E-state index is 12.0. The van der Waals surface area contributed by atoms with Gasteiger partial charge in [0, 0.05) is 11.8 Å². The van der Waals surface area contributed by atoms with Gasteiger partial charge in [0.25, 0.3) is 0 Å². The average Bonchev–Trinajstić information content (AvgIpc) is 3.00. The van der Waals surface area contributed by atoms with Crippen molar-refractivity contribution < 1.29 is 19.0 Å². The van der Waals surface area contributed by atoms with Crippen LogP contribution in [0.15, 0.2) is 30.3 Å². The molecule has 2 N–H and O–H groups in total. The Labute approximate surface area is 147 Å². The van der Waals surface area contributed by atoms with Crippen molar-refractivity contribution in [1.29, 1.82) is 0 Å². The highest BCUT2D eigenvalue weighted by atomic mass is 16.7. The number of hydrogen-bond acceptors (Lipinski definition) is 4. The molecule has 2 aromatic rings. The van der Waals surface area contributed by atoms with Crippen LogP contribution < -0.4 is 24.8 Å². The van der Waals surface area contributed by atoms with E-state index in [9.17, 15) is 4.79 Å². The fourth-order valence-electron chi connectivity index (χ4n) is 2.86. The van der Waals surface area contributed by atoms with Gasteiger partial charge in [0.15, 0.2) is 11.5 Å². The van der Waals surface area contributed by atoms with E-state index >= 15 is 0 Å². The number of nitrogens with one attached hydrogen (secondary N) is 2. The summed E-state index contributed by atoms with van der Waals surface area (Å²) in [6, 6.07) is 9.15. The average molecular weight is 342 g/mol. The topological polar surface area (TPSA) is 68.8 Å². The van der Waals surface area contributed by atoms with Crippen molar-refractivity contribution in [2.75, 3.05) is 25.3 Å². The number of anilines is 1. The Hall–Kier alpha value is -2.89. The number of rotatable bonds is 5. The summed E-state index contributed by atoms with van der Waals surface area (Å²) in [5.74, 6) is 2.19. The van der Waals surface area contributed by atoms with Crippen LogP contribution >= 0.6 is 0 Å². The minimum atomic E-state index is -0.292. The molecule has 0 unspecified atom stereocenters. The minimum Gasteiger partial charge on any atom is -0.491 e. The summed E-state index contributed by atoms with van der Waals surface area (Å²) in [7, 11) is 0. The third-order valence-corrected chi connectivity index (χ3v) is 3.87. The van der Waals surface area contributed by atoms with Crippen LogP contribution in [-0.2, 0) is 0 Å². The van der Waals surface area contributed by atoms with Crippen LogP contribution in [0, 0.1) is 20.8 Å². The van der Waals surface area contributed by atoms with Crippen LogP contribution in [-0.4, -0.2) is 26.0 Å². The summed E-state index contributed by atoms with van der Waals surface area (Å²) in [5.41, 5.74) is 4.06. The molecule has 2 amide bonds. The Morgan fingerprint density at radius 1 is 1.08 bits per heavy atom. The van der Waals surface area contributed by atoms with Gasteiger partial charge in [-0.2, -0.15) is 0 Å². The molecule has 0 atom stereocenters. The van der Waals surface area contributed by atoms with Crippen LogP contribution in [0.5, 0.6) is 17.2 Å². The van der Waals surface area contributed by atoms with Gasteiger partial charge in [0.05, 0.1) is 6.54 Å². The predicted octanol–water partition coefficient (Wildman–Crippen LogP) is 3.54. The van der Waals surface area contributed by atoms with Crippen LogP contribution in [0.2, 0.25) is 0 Å². The van der Waals surface area contributed by atoms with Gasteiger partial charge in [0.1, 0.15) is 12.4 Å². The van der Waals surface area contributed by atoms with Crippen molar-refractivity contribution in [3.63, 3.8) is 0 Å². The van der Waals surface area contributed by atoms with Gasteiger partial charge >= 0.3 is 6.03 Å². The second-order valence-corrected chi connectivity index (χ2v) is 6.03. The number of carbonyl (C=O) groups excluding carboxylic acids is 1. The number of amides is 2. The summed E-state index contributed by atoms with van der Waals surface area (Å²) < 4.78 is 16.3. The SMILES string of the molecule is Cc1cc(C)c(OCCNC(=O)Nc2ccc3c(c2)OCO3)c(C)c1. The van der Waals surface area contributed by atoms with E-state index < -0.39 is 0 Å². The Morgan fingerprint density at radius 3 is 2.56 bits per heavy atom. The molecule has 0 radical (unpaired) electrons. The Bertz CT molecular complexity index is 766. The molecule has 0 spiro atoms. The van der Waals surface area contributed by atoms with Gasteiger partial charge in [-0.1, -0.05) is 17.7 Å². The third-order valence-electron chi connectivity index (χ3n) is 3.87. The van der Waals surface area contributed by atoms with E-state index in [1.807, 2.05) is 13.8 Å². The summed E-state index contributed by atoms with van der Waals surface area (Å²) in [6.45, 7) is 7.12. The van der Waals surface area contributed by atoms with Crippen molar-refractivity contribution >= 4 is 11.7 Å². The zero-order chi connectivity index (χ0) is 17.8. The summed E-state index contributed by atoms with van der Waals surface area (Å²) in [5, 5.41) is 5.53. The van der Waals surface area contributed by atoms with E-state index in [0.717, 1.165) is 16.9 Å². The number of benzene rings is 2. The first kappa shape index (κ1) is 17.0. The van der Waals surface area contributed by atoms with Gasteiger partial charge in [-0.25, -0.2) is 4.79 Å². The van der Waals surface area contributed by atoms with E-state index in [2.05, 4.69) is 29.7 Å². The molecule has 3 rings (SSSR count). The quantitative estimate of drug-likeness (QED) is 0.816. The molecule has 0 fully saturated rings. The van der Waals surface area contributed by atoms with E-state index in [0.29, 0.717) is 30.3 Å². The molecule has 0 bridgehead atoms. The highest BCUT2D eigenvalue weighted by Crippen LogP contribution is 2.34. The molecule has 6 nitrogen and oxygen atoms in total. The van der Waals surface area contributed by atoms with Crippen LogP contribution in [0.3, 0.4) is 0 Å². The van der Waals surface area contributed by atoms with Gasteiger partial charge in [0.2, 0.25) is 6.79 Å². The normalized spacial score (nSPS) is 12.0. The lowest BCUT2D eigenvalue weighted by atomic mass is 10.1. The Morgan fingerprint density at radius 2 is 1.80 bits per heavy atom.